The second-order valence-electron chi connectivity index (χ2n) is 5.51. The molecule has 1 aromatic rings. The summed E-state index contributed by atoms with van der Waals surface area (Å²) in [6.07, 6.45) is 4.26. The van der Waals surface area contributed by atoms with Gasteiger partial charge in [-0.05, 0) is 32.9 Å². The van der Waals surface area contributed by atoms with Gasteiger partial charge in [0.15, 0.2) is 0 Å². The first-order valence-corrected chi connectivity index (χ1v) is 7.24. The topological polar surface area (TPSA) is 46.6 Å². The summed E-state index contributed by atoms with van der Waals surface area (Å²) in [6.45, 7) is 4.94. The van der Waals surface area contributed by atoms with Crippen molar-refractivity contribution in [3.63, 3.8) is 0 Å². The molecule has 5 nitrogen and oxygen atoms in total. The summed E-state index contributed by atoms with van der Waals surface area (Å²) in [6, 6.07) is 4.20. The van der Waals surface area contributed by atoms with Gasteiger partial charge in [-0.25, -0.2) is 4.98 Å². The van der Waals surface area contributed by atoms with Crippen molar-refractivity contribution >= 4 is 5.69 Å². The Bertz CT molecular complexity index is 389. The molecule has 1 N–H and O–H groups in total. The zero-order valence-corrected chi connectivity index (χ0v) is 12.6. The molecule has 0 aliphatic carbocycles. The fraction of sp³-hybridized carbons (Fsp3) is 0.667. The molecule has 1 aromatic heterocycles. The number of hydrogen-bond acceptors (Lipinski definition) is 5. The van der Waals surface area contributed by atoms with Crippen LogP contribution in [0.5, 0.6) is 5.88 Å². The highest BCUT2D eigenvalue weighted by Crippen LogP contribution is 2.18. The molecular formula is C15H25N3O2. The fourth-order valence-electron chi connectivity index (χ4n) is 2.39. The average molecular weight is 279 g/mol. The van der Waals surface area contributed by atoms with Gasteiger partial charge in [0, 0.05) is 32.3 Å². The van der Waals surface area contributed by atoms with E-state index in [-0.39, 0.29) is 6.04 Å². The van der Waals surface area contributed by atoms with Crippen molar-refractivity contribution in [2.24, 2.45) is 0 Å². The Morgan fingerprint density at radius 1 is 1.40 bits per heavy atom. The minimum Gasteiger partial charge on any atom is -0.474 e. The molecule has 1 atom stereocenters. The first-order chi connectivity index (χ1) is 9.67. The Kier molecular flexibility index (Phi) is 5.61. The number of methoxy groups -OCH3 is 1. The number of likely N-dealkylation sites (tertiary alicyclic amines) is 1. The van der Waals surface area contributed by atoms with E-state index in [0.29, 0.717) is 18.6 Å². The molecule has 2 rings (SSSR count). The third-order valence-electron chi connectivity index (χ3n) is 3.52. The van der Waals surface area contributed by atoms with E-state index in [0.717, 1.165) is 31.6 Å². The van der Waals surface area contributed by atoms with E-state index in [9.17, 15) is 0 Å². The van der Waals surface area contributed by atoms with Crippen molar-refractivity contribution in [2.75, 3.05) is 39.2 Å². The molecule has 0 spiro atoms. The number of rotatable bonds is 6. The average Bonchev–Trinajstić information content (AvgIpc) is 2.44. The maximum absolute atomic E-state index is 5.92. The minimum atomic E-state index is 0.266. The molecule has 1 saturated heterocycles. The highest BCUT2D eigenvalue weighted by Gasteiger charge is 2.18. The van der Waals surface area contributed by atoms with Crippen LogP contribution in [-0.2, 0) is 4.74 Å². The van der Waals surface area contributed by atoms with Gasteiger partial charge in [-0.15, -0.1) is 0 Å². The number of ether oxygens (including phenoxy) is 2. The lowest BCUT2D eigenvalue weighted by Gasteiger charge is -2.28. The molecule has 0 radical (unpaired) electrons. The van der Waals surface area contributed by atoms with Gasteiger partial charge < -0.3 is 19.7 Å². The van der Waals surface area contributed by atoms with Crippen molar-refractivity contribution in [1.29, 1.82) is 0 Å². The first kappa shape index (κ1) is 15.1. The lowest BCUT2D eigenvalue weighted by Crippen LogP contribution is -2.35. The van der Waals surface area contributed by atoms with Crippen LogP contribution < -0.4 is 10.1 Å². The van der Waals surface area contributed by atoms with Crippen LogP contribution in [0.2, 0.25) is 0 Å². The molecule has 2 heterocycles. The number of anilines is 1. The molecule has 1 aliphatic heterocycles. The van der Waals surface area contributed by atoms with Crippen molar-refractivity contribution in [3.05, 3.63) is 18.3 Å². The molecular weight excluding hydrogens is 254 g/mol. The van der Waals surface area contributed by atoms with Crippen LogP contribution in [0.3, 0.4) is 0 Å². The van der Waals surface area contributed by atoms with Gasteiger partial charge in [0.2, 0.25) is 5.88 Å². The van der Waals surface area contributed by atoms with E-state index in [1.807, 2.05) is 18.3 Å². The third kappa shape index (κ3) is 4.65. The van der Waals surface area contributed by atoms with Crippen molar-refractivity contribution < 1.29 is 9.47 Å². The normalized spacial score (nSPS) is 18.8. The lowest BCUT2D eigenvalue weighted by atomic mass is 10.1. The SMILES string of the molecule is COC[C@@H](C)Nc1ccc(OC2CCN(C)CC2)nc1. The number of nitrogens with one attached hydrogen (secondary N) is 1. The highest BCUT2D eigenvalue weighted by atomic mass is 16.5. The number of nitrogens with zero attached hydrogens (tertiary/aromatic N) is 2. The summed E-state index contributed by atoms with van der Waals surface area (Å²) >= 11 is 0. The van der Waals surface area contributed by atoms with E-state index in [4.69, 9.17) is 9.47 Å². The van der Waals surface area contributed by atoms with Gasteiger partial charge in [-0.1, -0.05) is 0 Å². The van der Waals surface area contributed by atoms with Gasteiger partial charge in [0.1, 0.15) is 6.10 Å². The molecule has 0 aromatic carbocycles. The Hall–Kier alpha value is -1.33. The van der Waals surface area contributed by atoms with E-state index in [1.165, 1.54) is 0 Å². The monoisotopic (exact) mass is 279 g/mol. The van der Waals surface area contributed by atoms with Crippen LogP contribution in [0, 0.1) is 0 Å². The van der Waals surface area contributed by atoms with Crippen molar-refractivity contribution in [3.8, 4) is 5.88 Å². The predicted molar refractivity (Wildman–Crippen MR) is 80.3 cm³/mol. The van der Waals surface area contributed by atoms with Crippen molar-refractivity contribution in [2.45, 2.75) is 31.9 Å². The second kappa shape index (κ2) is 7.45. The molecule has 1 fully saturated rings. The van der Waals surface area contributed by atoms with Gasteiger partial charge >= 0.3 is 0 Å². The molecule has 0 bridgehead atoms. The summed E-state index contributed by atoms with van der Waals surface area (Å²) in [5, 5.41) is 3.33. The summed E-state index contributed by atoms with van der Waals surface area (Å²) in [7, 11) is 3.85. The Morgan fingerprint density at radius 2 is 2.15 bits per heavy atom. The summed E-state index contributed by atoms with van der Waals surface area (Å²) in [5.74, 6) is 0.712. The number of pyridine rings is 1. The largest absolute Gasteiger partial charge is 0.474 e. The van der Waals surface area contributed by atoms with Gasteiger partial charge in [0.05, 0.1) is 18.5 Å². The Balaban J connectivity index is 1.82. The third-order valence-corrected chi connectivity index (χ3v) is 3.52. The van der Waals surface area contributed by atoms with E-state index in [2.05, 4.69) is 29.2 Å². The summed E-state index contributed by atoms with van der Waals surface area (Å²) in [4.78, 5) is 6.70. The van der Waals surface area contributed by atoms with Crippen LogP contribution in [0.15, 0.2) is 18.3 Å². The van der Waals surface area contributed by atoms with Crippen LogP contribution >= 0.6 is 0 Å². The van der Waals surface area contributed by atoms with Crippen LogP contribution in [0.4, 0.5) is 5.69 Å². The molecule has 5 heteroatoms. The summed E-state index contributed by atoms with van der Waals surface area (Å²) in [5.41, 5.74) is 0.991. The number of hydrogen-bond donors (Lipinski definition) is 1. The Labute approximate surface area is 121 Å². The van der Waals surface area contributed by atoms with Gasteiger partial charge in [-0.3, -0.25) is 0 Å². The van der Waals surface area contributed by atoms with Crippen LogP contribution in [0.25, 0.3) is 0 Å². The quantitative estimate of drug-likeness (QED) is 0.863. The van der Waals surface area contributed by atoms with Crippen LogP contribution in [0.1, 0.15) is 19.8 Å². The fourth-order valence-corrected chi connectivity index (χ4v) is 2.39. The summed E-state index contributed by atoms with van der Waals surface area (Å²) < 4.78 is 11.0. The zero-order chi connectivity index (χ0) is 14.4. The molecule has 20 heavy (non-hydrogen) atoms. The maximum Gasteiger partial charge on any atom is 0.213 e. The molecule has 0 amide bonds. The van der Waals surface area contributed by atoms with Gasteiger partial charge in [0.25, 0.3) is 0 Å². The smallest absolute Gasteiger partial charge is 0.213 e. The molecule has 0 unspecified atom stereocenters. The van der Waals surface area contributed by atoms with E-state index < -0.39 is 0 Å². The number of piperidine rings is 1. The number of aromatic nitrogens is 1. The van der Waals surface area contributed by atoms with Gasteiger partial charge in [-0.2, -0.15) is 0 Å². The minimum absolute atomic E-state index is 0.266. The van der Waals surface area contributed by atoms with Crippen molar-refractivity contribution in [1.82, 2.24) is 9.88 Å². The molecule has 112 valence electrons. The Morgan fingerprint density at radius 3 is 2.75 bits per heavy atom. The lowest BCUT2D eigenvalue weighted by molar-refractivity contribution is 0.110. The predicted octanol–water partition coefficient (Wildman–Crippen LogP) is 2.00. The first-order valence-electron chi connectivity index (χ1n) is 7.24. The molecule has 1 aliphatic rings. The standard InChI is InChI=1S/C15H25N3O2/c1-12(11-19-3)17-13-4-5-15(16-10-13)20-14-6-8-18(2)9-7-14/h4-5,10,12,14,17H,6-9,11H2,1-3H3/t12-/m1/s1. The van der Waals surface area contributed by atoms with Crippen LogP contribution in [-0.4, -0.2) is 55.9 Å². The maximum atomic E-state index is 5.92. The molecule has 0 saturated carbocycles. The second-order valence-corrected chi connectivity index (χ2v) is 5.51. The zero-order valence-electron chi connectivity index (χ0n) is 12.6. The van der Waals surface area contributed by atoms with E-state index >= 15 is 0 Å². The van der Waals surface area contributed by atoms with E-state index in [1.54, 1.807) is 7.11 Å². The highest BCUT2D eigenvalue weighted by molar-refractivity contribution is 5.42.